The van der Waals surface area contributed by atoms with Crippen molar-refractivity contribution in [3.63, 3.8) is 0 Å². The smallest absolute Gasteiger partial charge is 0.463 e. The summed E-state index contributed by atoms with van der Waals surface area (Å²) in [6.07, 6.45) is 90.5. The molecule has 598 valence electrons. The van der Waals surface area contributed by atoms with E-state index in [1.165, 1.54) is 173 Å². The van der Waals surface area contributed by atoms with Gasteiger partial charge in [-0.05, 0) is 128 Å². The third kappa shape index (κ3) is 79.3. The van der Waals surface area contributed by atoms with E-state index in [0.29, 0.717) is 19.3 Å². The van der Waals surface area contributed by atoms with Gasteiger partial charge in [0.25, 0.3) is 0 Å². The van der Waals surface area contributed by atoms with Gasteiger partial charge < -0.3 is 34.2 Å². The van der Waals surface area contributed by atoms with Crippen LogP contribution in [0.25, 0.3) is 0 Å². The first-order valence-corrected chi connectivity index (χ1v) is 44.5. The van der Waals surface area contributed by atoms with Crippen LogP contribution in [-0.2, 0) is 55.8 Å². The predicted octanol–water partition coefficient (Wildman–Crippen LogP) is 24.5. The van der Waals surface area contributed by atoms with Crippen molar-refractivity contribution in [1.82, 2.24) is 0 Å². The molecule has 0 aliphatic heterocycles. The van der Waals surface area contributed by atoms with Crippen molar-refractivity contribution in [2.24, 2.45) is 0 Å². The molecule has 0 aliphatic rings. The fraction of sp³-hybridized carbons (Fsp3) is 0.776. The van der Waals surface area contributed by atoms with Crippen LogP contribution in [0.5, 0.6) is 0 Å². The summed E-state index contributed by atoms with van der Waals surface area (Å²) in [7, 11) is -9.79. The molecule has 103 heavy (non-hydrogen) atoms. The zero-order valence-corrected chi connectivity index (χ0v) is 67.3. The van der Waals surface area contributed by atoms with Gasteiger partial charge in [-0.2, -0.15) is 0 Å². The molecule has 0 radical (unpaired) electrons. The lowest BCUT2D eigenvalue weighted by Crippen LogP contribution is -2.30. The second-order valence-corrected chi connectivity index (χ2v) is 30.8. The minimum atomic E-state index is -4.93. The Kier molecular flexibility index (Phi) is 75.4. The molecule has 0 bridgehead atoms. The van der Waals surface area contributed by atoms with Crippen molar-refractivity contribution in [2.75, 3.05) is 39.6 Å². The van der Waals surface area contributed by atoms with E-state index < -0.39 is 91.5 Å². The number of rotatable bonds is 79. The highest BCUT2D eigenvalue weighted by Gasteiger charge is 2.29. The topological polar surface area (TPSA) is 231 Å². The van der Waals surface area contributed by atoms with Crippen LogP contribution in [0.15, 0.2) is 97.2 Å². The van der Waals surface area contributed by atoms with Crippen molar-refractivity contribution >= 4 is 33.6 Å². The summed E-state index contributed by atoms with van der Waals surface area (Å²) in [5.74, 6) is -1.59. The SMILES string of the molecule is CCCCC/C=C\C/C=C\C/C=C\C/C=C\CCCCCCCCCCCCCCCCCCCCCC(=O)OCC(O)COP(=O)(O)OCC(O)COP(=O)(O)OCC(COC(=O)CCCCCCCC/C=C\C/C=C\C/C=C\CCCCC)OC(=O)CCCCCCC/C=C\CCCCCC. The largest absolute Gasteiger partial charge is 0.472 e. The number of unbranched alkanes of at least 4 members (excludes halogenated alkanes) is 40. The van der Waals surface area contributed by atoms with Gasteiger partial charge in [-0.3, -0.25) is 32.5 Å². The summed E-state index contributed by atoms with van der Waals surface area (Å²) >= 11 is 0. The molecule has 0 aromatic carbocycles. The number of ether oxygens (including phenoxy) is 3. The van der Waals surface area contributed by atoms with Crippen LogP contribution in [0, 0.1) is 0 Å². The van der Waals surface area contributed by atoms with E-state index in [2.05, 4.69) is 118 Å². The number of phosphoric ester groups is 2. The van der Waals surface area contributed by atoms with Gasteiger partial charge in [0.05, 0.1) is 26.4 Å². The molecule has 0 aliphatic carbocycles. The molecule has 0 saturated heterocycles. The highest BCUT2D eigenvalue weighted by Crippen LogP contribution is 2.45. The maximum atomic E-state index is 12.9. The van der Waals surface area contributed by atoms with Crippen LogP contribution in [0.3, 0.4) is 0 Å². The van der Waals surface area contributed by atoms with E-state index in [9.17, 15) is 43.5 Å². The zero-order chi connectivity index (χ0) is 75.2. The molecule has 0 spiro atoms. The van der Waals surface area contributed by atoms with E-state index in [0.717, 1.165) is 135 Å². The zero-order valence-electron chi connectivity index (χ0n) is 65.5. The van der Waals surface area contributed by atoms with Gasteiger partial charge in [-0.1, -0.05) is 317 Å². The molecule has 0 heterocycles. The van der Waals surface area contributed by atoms with Gasteiger partial charge in [0.2, 0.25) is 0 Å². The van der Waals surface area contributed by atoms with Crippen molar-refractivity contribution in [1.29, 1.82) is 0 Å². The fourth-order valence-electron chi connectivity index (χ4n) is 11.4. The average molecular weight is 1490 g/mol. The highest BCUT2D eigenvalue weighted by atomic mass is 31.2. The number of allylic oxidation sites excluding steroid dienone is 16. The number of phosphoric acid groups is 2. The number of aliphatic hydroxyl groups excluding tert-OH is 2. The van der Waals surface area contributed by atoms with Gasteiger partial charge in [-0.25, -0.2) is 9.13 Å². The Balaban J connectivity index is 4.35. The van der Waals surface area contributed by atoms with Gasteiger partial charge >= 0.3 is 33.6 Å². The summed E-state index contributed by atoms with van der Waals surface area (Å²) in [4.78, 5) is 58.6. The molecule has 4 N–H and O–H groups in total. The van der Waals surface area contributed by atoms with E-state index in [-0.39, 0.29) is 19.3 Å². The molecular weight excluding hydrogens is 1340 g/mol. The monoisotopic (exact) mass is 1490 g/mol. The first-order valence-electron chi connectivity index (χ1n) is 41.5. The van der Waals surface area contributed by atoms with Crippen LogP contribution < -0.4 is 0 Å². The Morgan fingerprint density at radius 1 is 0.272 bits per heavy atom. The molecule has 18 heteroatoms. The van der Waals surface area contributed by atoms with Crippen LogP contribution in [0.1, 0.15) is 367 Å². The third-order valence-electron chi connectivity index (χ3n) is 17.8. The Morgan fingerprint density at radius 3 is 0.796 bits per heavy atom. The lowest BCUT2D eigenvalue weighted by Gasteiger charge is -2.21. The standard InChI is InChI=1S/C85H152O16P2/c1-4-7-10-13-16-19-22-25-27-29-31-32-33-34-35-36-37-38-39-40-41-42-43-44-45-46-48-50-51-54-56-59-62-65-68-71-83(88)95-74-80(86)75-97-102(91,92)98-76-81(87)77-99-103(93,94)100-79-82(101-85(90)73-70-67-64-61-58-53-24-21-18-15-12-9-6-3)78-96-84(89)72-69-66-63-60-57-55-52-49-47-30-28-26-23-20-17-14-11-8-5-2/h16-17,19-21,24-28,31-32,34-35,47,49,80-82,86-87H,4-15,18,22-23,29-30,33,36-46,48,50-79H2,1-3H3,(H,91,92)(H,93,94)/b19-16-,20-17-,24-21-,27-25-,28-26-,32-31-,35-34-,49-47-. The Morgan fingerprint density at radius 2 is 0.485 bits per heavy atom. The Labute approximate surface area is 628 Å². The lowest BCUT2D eigenvalue weighted by atomic mass is 10.0. The van der Waals surface area contributed by atoms with Gasteiger partial charge in [0, 0.05) is 19.3 Å². The van der Waals surface area contributed by atoms with Crippen molar-refractivity contribution in [3.05, 3.63) is 97.2 Å². The van der Waals surface area contributed by atoms with E-state index in [4.69, 9.17) is 32.3 Å². The summed E-state index contributed by atoms with van der Waals surface area (Å²) in [6.45, 7) is 2.62. The van der Waals surface area contributed by atoms with Crippen molar-refractivity contribution < 1.29 is 75.8 Å². The summed E-state index contributed by atoms with van der Waals surface area (Å²) in [6, 6.07) is 0. The normalized spacial score (nSPS) is 14.4. The summed E-state index contributed by atoms with van der Waals surface area (Å²) in [5.41, 5.74) is 0. The summed E-state index contributed by atoms with van der Waals surface area (Å²) < 4.78 is 61.1. The van der Waals surface area contributed by atoms with Gasteiger partial charge in [0.15, 0.2) is 6.10 Å². The fourth-order valence-corrected chi connectivity index (χ4v) is 13.0. The third-order valence-corrected chi connectivity index (χ3v) is 19.7. The van der Waals surface area contributed by atoms with Crippen molar-refractivity contribution in [3.8, 4) is 0 Å². The first-order chi connectivity index (χ1) is 50.2. The van der Waals surface area contributed by atoms with Crippen LogP contribution >= 0.6 is 15.6 Å². The molecule has 16 nitrogen and oxygen atoms in total. The minimum Gasteiger partial charge on any atom is -0.463 e. The van der Waals surface area contributed by atoms with Gasteiger partial charge in [-0.15, -0.1) is 0 Å². The Bertz CT molecular complexity index is 2260. The molecule has 5 atom stereocenters. The number of aliphatic hydroxyl groups is 2. The van der Waals surface area contributed by atoms with Crippen LogP contribution in [0.4, 0.5) is 0 Å². The Hall–Kier alpha value is -3.53. The molecular formula is C85H152O16P2. The molecule has 0 fully saturated rings. The molecule has 0 aromatic rings. The van der Waals surface area contributed by atoms with Crippen LogP contribution in [0.2, 0.25) is 0 Å². The highest BCUT2D eigenvalue weighted by molar-refractivity contribution is 7.47. The number of hydrogen-bond acceptors (Lipinski definition) is 14. The molecule has 0 aromatic heterocycles. The summed E-state index contributed by atoms with van der Waals surface area (Å²) in [5, 5.41) is 20.6. The van der Waals surface area contributed by atoms with E-state index in [1.807, 2.05) is 0 Å². The van der Waals surface area contributed by atoms with E-state index in [1.54, 1.807) is 0 Å². The quantitative estimate of drug-likeness (QED) is 0.0146. The molecule has 0 saturated carbocycles. The first kappa shape index (κ1) is 99.5. The molecule has 0 rings (SSSR count). The maximum absolute atomic E-state index is 12.9. The van der Waals surface area contributed by atoms with Gasteiger partial charge in [0.1, 0.15) is 25.4 Å². The van der Waals surface area contributed by atoms with Crippen LogP contribution in [-0.4, -0.2) is 95.9 Å². The molecule has 0 amide bonds. The second kappa shape index (κ2) is 78.1. The minimum absolute atomic E-state index is 0.0926. The average Bonchev–Trinajstić information content (AvgIpc) is 0.925. The molecule has 5 unspecified atom stereocenters. The lowest BCUT2D eigenvalue weighted by molar-refractivity contribution is -0.161. The van der Waals surface area contributed by atoms with Crippen molar-refractivity contribution in [2.45, 2.75) is 386 Å². The number of carbonyl (C=O) groups is 3. The predicted molar refractivity (Wildman–Crippen MR) is 427 cm³/mol. The number of hydrogen-bond donors (Lipinski definition) is 4. The number of carbonyl (C=O) groups excluding carboxylic acids is 3. The second-order valence-electron chi connectivity index (χ2n) is 27.9. The number of esters is 3. The maximum Gasteiger partial charge on any atom is 0.472 e. The van der Waals surface area contributed by atoms with E-state index >= 15 is 0 Å².